The molecule has 0 bridgehead atoms. The average molecular weight is 252 g/mol. The molecular formula is C15H24O3. The van der Waals surface area contributed by atoms with E-state index >= 15 is 0 Å². The minimum Gasteiger partial charge on any atom is -0.491 e. The molecule has 3 heteroatoms. The second-order valence-corrected chi connectivity index (χ2v) is 5.01. The first-order valence-corrected chi connectivity index (χ1v) is 6.42. The fraction of sp³-hybridized carbons (Fsp3) is 0.600. The number of aliphatic hydroxyl groups excluding tert-OH is 1. The zero-order valence-electron chi connectivity index (χ0n) is 11.9. The van der Waals surface area contributed by atoms with E-state index in [1.165, 1.54) is 0 Å². The third kappa shape index (κ3) is 3.47. The lowest BCUT2D eigenvalue weighted by molar-refractivity contribution is -0.0944. The van der Waals surface area contributed by atoms with Crippen LogP contribution in [0.15, 0.2) is 24.3 Å². The standard InChI is InChI=1S/C15H24O3/c1-6-15(4,17-5)14(16)12-8-7-9-13(10-12)18-11(2)3/h7-11,14,16H,6H2,1-5H3. The Morgan fingerprint density at radius 2 is 2.00 bits per heavy atom. The van der Waals surface area contributed by atoms with Gasteiger partial charge in [-0.3, -0.25) is 0 Å². The van der Waals surface area contributed by atoms with E-state index in [1.807, 2.05) is 52.0 Å². The first-order valence-electron chi connectivity index (χ1n) is 6.42. The number of aliphatic hydroxyl groups is 1. The molecule has 0 aliphatic carbocycles. The largest absolute Gasteiger partial charge is 0.491 e. The van der Waals surface area contributed by atoms with Crippen molar-refractivity contribution in [2.75, 3.05) is 7.11 Å². The molecule has 0 saturated carbocycles. The lowest BCUT2D eigenvalue weighted by Crippen LogP contribution is -2.34. The van der Waals surface area contributed by atoms with Crippen LogP contribution in [0.1, 0.15) is 45.8 Å². The van der Waals surface area contributed by atoms with E-state index in [4.69, 9.17) is 9.47 Å². The molecule has 0 fully saturated rings. The second kappa shape index (κ2) is 6.21. The van der Waals surface area contributed by atoms with Crippen LogP contribution in [0.3, 0.4) is 0 Å². The van der Waals surface area contributed by atoms with Crippen molar-refractivity contribution in [3.05, 3.63) is 29.8 Å². The maximum Gasteiger partial charge on any atom is 0.120 e. The number of hydrogen-bond donors (Lipinski definition) is 1. The highest BCUT2D eigenvalue weighted by molar-refractivity contribution is 5.31. The van der Waals surface area contributed by atoms with E-state index in [2.05, 4.69) is 0 Å². The van der Waals surface area contributed by atoms with Crippen molar-refractivity contribution >= 4 is 0 Å². The van der Waals surface area contributed by atoms with Crippen molar-refractivity contribution in [3.8, 4) is 5.75 Å². The predicted octanol–water partition coefficient (Wildman–Crippen LogP) is 3.32. The van der Waals surface area contributed by atoms with Gasteiger partial charge in [0.15, 0.2) is 0 Å². The number of methoxy groups -OCH3 is 1. The van der Waals surface area contributed by atoms with Gasteiger partial charge in [-0.05, 0) is 44.9 Å². The molecule has 0 heterocycles. The molecule has 0 radical (unpaired) electrons. The quantitative estimate of drug-likeness (QED) is 0.844. The number of hydrogen-bond acceptors (Lipinski definition) is 3. The highest BCUT2D eigenvalue weighted by atomic mass is 16.5. The van der Waals surface area contributed by atoms with Gasteiger partial charge in [-0.1, -0.05) is 19.1 Å². The van der Waals surface area contributed by atoms with Crippen LogP contribution in [-0.4, -0.2) is 23.9 Å². The molecule has 102 valence electrons. The monoisotopic (exact) mass is 252 g/mol. The van der Waals surface area contributed by atoms with E-state index in [0.29, 0.717) is 0 Å². The van der Waals surface area contributed by atoms with E-state index in [1.54, 1.807) is 7.11 Å². The van der Waals surface area contributed by atoms with Gasteiger partial charge >= 0.3 is 0 Å². The lowest BCUT2D eigenvalue weighted by atomic mass is 9.90. The van der Waals surface area contributed by atoms with E-state index in [9.17, 15) is 5.11 Å². The maximum atomic E-state index is 10.4. The van der Waals surface area contributed by atoms with Crippen LogP contribution < -0.4 is 4.74 Å². The van der Waals surface area contributed by atoms with E-state index < -0.39 is 11.7 Å². The molecule has 18 heavy (non-hydrogen) atoms. The molecule has 1 aromatic rings. The third-order valence-corrected chi connectivity index (χ3v) is 3.29. The molecule has 2 atom stereocenters. The smallest absolute Gasteiger partial charge is 0.120 e. The summed E-state index contributed by atoms with van der Waals surface area (Å²) in [7, 11) is 1.63. The predicted molar refractivity (Wildman–Crippen MR) is 72.9 cm³/mol. The zero-order chi connectivity index (χ0) is 13.8. The SMILES string of the molecule is CCC(C)(OC)C(O)c1cccc(OC(C)C)c1. The molecule has 0 spiro atoms. The van der Waals surface area contributed by atoms with E-state index in [0.717, 1.165) is 17.7 Å². The summed E-state index contributed by atoms with van der Waals surface area (Å²) >= 11 is 0. The molecular weight excluding hydrogens is 228 g/mol. The fourth-order valence-electron chi connectivity index (χ4n) is 1.83. The molecule has 0 amide bonds. The molecule has 0 aliphatic rings. The topological polar surface area (TPSA) is 38.7 Å². The van der Waals surface area contributed by atoms with Crippen molar-refractivity contribution < 1.29 is 14.6 Å². The van der Waals surface area contributed by atoms with Crippen LogP contribution in [0.25, 0.3) is 0 Å². The van der Waals surface area contributed by atoms with Gasteiger partial charge in [0.2, 0.25) is 0 Å². The number of benzene rings is 1. The van der Waals surface area contributed by atoms with Gasteiger partial charge in [0, 0.05) is 7.11 Å². The molecule has 1 rings (SSSR count). The highest BCUT2D eigenvalue weighted by Crippen LogP contribution is 2.32. The second-order valence-electron chi connectivity index (χ2n) is 5.01. The molecule has 0 aliphatic heterocycles. The van der Waals surface area contributed by atoms with Gasteiger partial charge < -0.3 is 14.6 Å². The minimum atomic E-state index is -0.664. The Kier molecular flexibility index (Phi) is 5.17. The van der Waals surface area contributed by atoms with Gasteiger partial charge in [-0.15, -0.1) is 0 Å². The molecule has 1 N–H and O–H groups in total. The van der Waals surface area contributed by atoms with Crippen molar-refractivity contribution in [2.45, 2.75) is 51.9 Å². The van der Waals surface area contributed by atoms with Crippen LogP contribution in [0.4, 0.5) is 0 Å². The zero-order valence-corrected chi connectivity index (χ0v) is 11.9. The third-order valence-electron chi connectivity index (χ3n) is 3.29. The van der Waals surface area contributed by atoms with Crippen LogP contribution in [0, 0.1) is 0 Å². The summed E-state index contributed by atoms with van der Waals surface area (Å²) in [6.07, 6.45) is 0.195. The van der Waals surface area contributed by atoms with Gasteiger partial charge in [0.1, 0.15) is 11.9 Å². The molecule has 0 aromatic heterocycles. The Hall–Kier alpha value is -1.06. The molecule has 2 unspecified atom stereocenters. The Morgan fingerprint density at radius 1 is 1.33 bits per heavy atom. The van der Waals surface area contributed by atoms with E-state index in [-0.39, 0.29) is 6.10 Å². The molecule has 3 nitrogen and oxygen atoms in total. The van der Waals surface area contributed by atoms with Gasteiger partial charge in [-0.2, -0.15) is 0 Å². The molecule has 0 saturated heterocycles. The Balaban J connectivity index is 2.95. The first-order chi connectivity index (χ1) is 8.42. The lowest BCUT2D eigenvalue weighted by Gasteiger charge is -2.32. The van der Waals surface area contributed by atoms with Gasteiger partial charge in [-0.25, -0.2) is 0 Å². The van der Waals surface area contributed by atoms with Crippen molar-refractivity contribution in [1.29, 1.82) is 0 Å². The van der Waals surface area contributed by atoms with Crippen LogP contribution in [0.5, 0.6) is 5.75 Å². The Labute approximate surface area is 110 Å². The summed E-state index contributed by atoms with van der Waals surface area (Å²) < 4.78 is 11.1. The van der Waals surface area contributed by atoms with Gasteiger partial charge in [0.25, 0.3) is 0 Å². The van der Waals surface area contributed by atoms with Crippen molar-refractivity contribution in [2.24, 2.45) is 0 Å². The van der Waals surface area contributed by atoms with Gasteiger partial charge in [0.05, 0.1) is 11.7 Å². The number of ether oxygens (including phenoxy) is 2. The average Bonchev–Trinajstić information content (AvgIpc) is 2.36. The van der Waals surface area contributed by atoms with Crippen LogP contribution in [0.2, 0.25) is 0 Å². The van der Waals surface area contributed by atoms with Crippen molar-refractivity contribution in [3.63, 3.8) is 0 Å². The summed E-state index contributed by atoms with van der Waals surface area (Å²) in [5.41, 5.74) is 0.246. The highest BCUT2D eigenvalue weighted by Gasteiger charge is 2.32. The normalized spacial score (nSPS) is 16.4. The summed E-state index contributed by atoms with van der Waals surface area (Å²) in [5.74, 6) is 0.774. The maximum absolute atomic E-state index is 10.4. The summed E-state index contributed by atoms with van der Waals surface area (Å²) in [5, 5.41) is 10.4. The Bertz CT molecular complexity index is 370. The Morgan fingerprint density at radius 3 is 2.50 bits per heavy atom. The number of rotatable bonds is 6. The van der Waals surface area contributed by atoms with Crippen molar-refractivity contribution in [1.82, 2.24) is 0 Å². The summed E-state index contributed by atoms with van der Waals surface area (Å²) in [4.78, 5) is 0. The molecule has 1 aromatic carbocycles. The van der Waals surface area contributed by atoms with Crippen LogP contribution in [-0.2, 0) is 4.74 Å². The minimum absolute atomic E-state index is 0.123. The summed E-state index contributed by atoms with van der Waals surface area (Å²) in [6, 6.07) is 7.55. The fourth-order valence-corrected chi connectivity index (χ4v) is 1.83. The first kappa shape index (κ1) is 15.0. The van der Waals surface area contributed by atoms with Crippen LogP contribution >= 0.6 is 0 Å². The summed E-state index contributed by atoms with van der Waals surface area (Å²) in [6.45, 7) is 7.87.